The smallest absolute Gasteiger partial charge is 0.243 e. The first-order valence-electron chi connectivity index (χ1n) is 9.74. The molecule has 1 heterocycles. The molecule has 0 radical (unpaired) electrons. The monoisotopic (exact) mass is 400 g/mol. The molecule has 150 valence electrons. The second kappa shape index (κ2) is 8.45. The van der Waals surface area contributed by atoms with Crippen molar-refractivity contribution in [3.8, 4) is 0 Å². The molecule has 1 aliphatic rings. The van der Waals surface area contributed by atoms with E-state index in [4.69, 9.17) is 0 Å². The number of carbonyl (C=O) groups is 1. The van der Waals surface area contributed by atoms with E-state index < -0.39 is 10.0 Å². The van der Waals surface area contributed by atoms with Gasteiger partial charge >= 0.3 is 0 Å². The average molecular weight is 401 g/mol. The van der Waals surface area contributed by atoms with E-state index in [1.807, 2.05) is 39.0 Å². The van der Waals surface area contributed by atoms with E-state index >= 15 is 0 Å². The van der Waals surface area contributed by atoms with Crippen molar-refractivity contribution in [2.45, 2.75) is 51.3 Å². The molecule has 2 aromatic rings. The number of anilines is 1. The third kappa shape index (κ3) is 4.62. The molecule has 1 N–H and O–H groups in total. The van der Waals surface area contributed by atoms with Crippen LogP contribution < -0.4 is 5.32 Å². The van der Waals surface area contributed by atoms with Gasteiger partial charge in [0.1, 0.15) is 0 Å². The Morgan fingerprint density at radius 3 is 2.29 bits per heavy atom. The molecule has 3 rings (SSSR count). The van der Waals surface area contributed by atoms with Gasteiger partial charge < -0.3 is 5.32 Å². The highest BCUT2D eigenvalue weighted by molar-refractivity contribution is 7.89. The zero-order chi connectivity index (χ0) is 20.3. The van der Waals surface area contributed by atoms with Crippen molar-refractivity contribution in [1.82, 2.24) is 4.31 Å². The maximum Gasteiger partial charge on any atom is 0.243 e. The number of hydrogen-bond donors (Lipinski definition) is 1. The summed E-state index contributed by atoms with van der Waals surface area (Å²) in [5.41, 5.74) is 4.67. The van der Waals surface area contributed by atoms with Crippen LogP contribution in [-0.2, 0) is 21.2 Å². The lowest BCUT2D eigenvalue weighted by Crippen LogP contribution is -2.35. The Balaban J connectivity index is 1.77. The van der Waals surface area contributed by atoms with Crippen LogP contribution >= 0.6 is 0 Å². The zero-order valence-electron chi connectivity index (χ0n) is 16.8. The standard InChI is InChI=1S/C22H28N2O3S/c1-16-7-9-19(13-18(16)3)14-22(25)23-21-15-20(10-8-17(21)2)28(26,27)24-11-5-4-6-12-24/h7-10,13,15H,4-6,11-12,14H2,1-3H3,(H,23,25). The predicted molar refractivity (Wildman–Crippen MR) is 112 cm³/mol. The van der Waals surface area contributed by atoms with Gasteiger partial charge in [0.25, 0.3) is 0 Å². The Morgan fingerprint density at radius 2 is 1.61 bits per heavy atom. The summed E-state index contributed by atoms with van der Waals surface area (Å²) in [5.74, 6) is -0.154. The lowest BCUT2D eigenvalue weighted by Gasteiger charge is -2.26. The van der Waals surface area contributed by atoms with E-state index in [1.54, 1.807) is 22.5 Å². The molecule has 0 aromatic heterocycles. The molecular weight excluding hydrogens is 372 g/mol. The number of nitrogens with one attached hydrogen (secondary N) is 1. The summed E-state index contributed by atoms with van der Waals surface area (Å²) < 4.78 is 27.4. The molecule has 0 spiro atoms. The number of hydrogen-bond acceptors (Lipinski definition) is 3. The van der Waals surface area contributed by atoms with E-state index in [0.29, 0.717) is 18.8 Å². The van der Waals surface area contributed by atoms with Gasteiger partial charge in [-0.25, -0.2) is 8.42 Å². The van der Waals surface area contributed by atoms with Crippen molar-refractivity contribution in [2.24, 2.45) is 0 Å². The van der Waals surface area contributed by atoms with E-state index in [1.165, 1.54) is 5.56 Å². The molecule has 1 fully saturated rings. The molecule has 0 atom stereocenters. The fourth-order valence-electron chi connectivity index (χ4n) is 3.44. The van der Waals surface area contributed by atoms with Crippen molar-refractivity contribution in [2.75, 3.05) is 18.4 Å². The molecule has 6 heteroatoms. The van der Waals surface area contributed by atoms with Crippen LogP contribution in [-0.4, -0.2) is 31.7 Å². The Kier molecular flexibility index (Phi) is 6.20. The third-order valence-electron chi connectivity index (χ3n) is 5.37. The van der Waals surface area contributed by atoms with Gasteiger partial charge in [-0.3, -0.25) is 4.79 Å². The van der Waals surface area contributed by atoms with Crippen LogP contribution in [0.15, 0.2) is 41.3 Å². The molecule has 0 saturated carbocycles. The van der Waals surface area contributed by atoms with Crippen LogP contribution in [0.3, 0.4) is 0 Å². The van der Waals surface area contributed by atoms with Gasteiger partial charge in [0.05, 0.1) is 11.3 Å². The first kappa shape index (κ1) is 20.6. The van der Waals surface area contributed by atoms with Gasteiger partial charge in [-0.15, -0.1) is 0 Å². The minimum absolute atomic E-state index is 0.154. The Bertz CT molecular complexity index is 977. The summed E-state index contributed by atoms with van der Waals surface area (Å²) in [6, 6.07) is 10.9. The zero-order valence-corrected chi connectivity index (χ0v) is 17.6. The minimum atomic E-state index is -3.52. The van der Waals surface area contributed by atoms with E-state index in [9.17, 15) is 13.2 Å². The van der Waals surface area contributed by atoms with Gasteiger partial charge in [-0.2, -0.15) is 4.31 Å². The number of rotatable bonds is 5. The van der Waals surface area contributed by atoms with Crippen LogP contribution in [0, 0.1) is 20.8 Å². The fourth-order valence-corrected chi connectivity index (χ4v) is 4.99. The second-order valence-electron chi connectivity index (χ2n) is 7.59. The van der Waals surface area contributed by atoms with Gasteiger partial charge in [-0.05, 0) is 68.0 Å². The quantitative estimate of drug-likeness (QED) is 0.826. The number of piperidine rings is 1. The largest absolute Gasteiger partial charge is 0.326 e. The Morgan fingerprint density at radius 1 is 0.929 bits per heavy atom. The van der Waals surface area contributed by atoms with Crippen molar-refractivity contribution in [1.29, 1.82) is 0 Å². The van der Waals surface area contributed by atoms with Crippen LogP contribution in [0.2, 0.25) is 0 Å². The predicted octanol–water partition coefficient (Wildman–Crippen LogP) is 3.97. The maximum absolute atomic E-state index is 12.9. The summed E-state index contributed by atoms with van der Waals surface area (Å²) in [5, 5.41) is 2.89. The maximum atomic E-state index is 12.9. The highest BCUT2D eigenvalue weighted by Crippen LogP contribution is 2.25. The molecule has 0 aliphatic carbocycles. The number of amides is 1. The van der Waals surface area contributed by atoms with Crippen molar-refractivity contribution >= 4 is 21.6 Å². The Hall–Kier alpha value is -2.18. The molecule has 1 saturated heterocycles. The molecule has 1 aliphatic heterocycles. The molecule has 0 unspecified atom stereocenters. The summed E-state index contributed by atoms with van der Waals surface area (Å²) in [4.78, 5) is 12.8. The van der Waals surface area contributed by atoms with Crippen molar-refractivity contribution in [3.05, 3.63) is 58.7 Å². The molecule has 28 heavy (non-hydrogen) atoms. The lowest BCUT2D eigenvalue weighted by molar-refractivity contribution is -0.115. The number of nitrogens with zero attached hydrogens (tertiary/aromatic N) is 1. The van der Waals surface area contributed by atoms with E-state index in [2.05, 4.69) is 5.32 Å². The summed E-state index contributed by atoms with van der Waals surface area (Å²) in [6.07, 6.45) is 3.11. The second-order valence-corrected chi connectivity index (χ2v) is 9.52. The van der Waals surface area contributed by atoms with Gasteiger partial charge in [0, 0.05) is 18.8 Å². The summed E-state index contributed by atoms with van der Waals surface area (Å²) in [6.45, 7) is 7.05. The van der Waals surface area contributed by atoms with E-state index in [0.717, 1.165) is 36.0 Å². The summed E-state index contributed by atoms with van der Waals surface area (Å²) in [7, 11) is -3.52. The van der Waals surface area contributed by atoms with Crippen LogP contribution in [0.4, 0.5) is 5.69 Å². The minimum Gasteiger partial charge on any atom is -0.326 e. The van der Waals surface area contributed by atoms with Crippen LogP contribution in [0.25, 0.3) is 0 Å². The molecular formula is C22H28N2O3S. The number of aryl methyl sites for hydroxylation is 3. The molecule has 5 nitrogen and oxygen atoms in total. The van der Waals surface area contributed by atoms with Gasteiger partial charge in [-0.1, -0.05) is 30.7 Å². The van der Waals surface area contributed by atoms with Crippen LogP contribution in [0.5, 0.6) is 0 Å². The Labute approximate surface area is 167 Å². The lowest BCUT2D eigenvalue weighted by atomic mass is 10.0. The van der Waals surface area contributed by atoms with Gasteiger partial charge in [0.15, 0.2) is 0 Å². The third-order valence-corrected chi connectivity index (χ3v) is 7.27. The average Bonchev–Trinajstić information content (AvgIpc) is 2.67. The van der Waals surface area contributed by atoms with Crippen LogP contribution in [0.1, 0.15) is 41.5 Å². The normalized spacial score (nSPS) is 15.4. The van der Waals surface area contributed by atoms with Gasteiger partial charge in [0.2, 0.25) is 15.9 Å². The SMILES string of the molecule is Cc1ccc(CC(=O)Nc2cc(S(=O)(=O)N3CCCCC3)ccc2C)cc1C. The topological polar surface area (TPSA) is 66.5 Å². The fraction of sp³-hybridized carbons (Fsp3) is 0.409. The molecule has 1 amide bonds. The van der Waals surface area contributed by atoms with Crippen molar-refractivity contribution < 1.29 is 13.2 Å². The molecule has 0 bridgehead atoms. The van der Waals surface area contributed by atoms with E-state index in [-0.39, 0.29) is 17.2 Å². The highest BCUT2D eigenvalue weighted by atomic mass is 32.2. The number of carbonyl (C=O) groups excluding carboxylic acids is 1. The molecule has 2 aromatic carbocycles. The summed E-state index contributed by atoms with van der Waals surface area (Å²) >= 11 is 0. The first-order chi connectivity index (χ1) is 13.3. The highest BCUT2D eigenvalue weighted by Gasteiger charge is 2.26. The number of benzene rings is 2. The first-order valence-corrected chi connectivity index (χ1v) is 11.2. The van der Waals surface area contributed by atoms with Crippen molar-refractivity contribution in [3.63, 3.8) is 0 Å². The number of sulfonamides is 1.